The van der Waals surface area contributed by atoms with Crippen LogP contribution in [-0.2, 0) is 29.0 Å². The molecule has 1 aliphatic rings. The van der Waals surface area contributed by atoms with Gasteiger partial charge >= 0.3 is 5.97 Å². The number of nitrogens with zero attached hydrogens (tertiary/aromatic N) is 1. The molecule has 3 rings (SSSR count). The predicted molar refractivity (Wildman–Crippen MR) is 107 cm³/mol. The van der Waals surface area contributed by atoms with Crippen LogP contribution in [0.5, 0.6) is 5.75 Å². The zero-order valence-corrected chi connectivity index (χ0v) is 15.9. The third-order valence-electron chi connectivity index (χ3n) is 4.64. The minimum atomic E-state index is -0.104. The number of hydrogen-bond acceptors (Lipinski definition) is 4. The molecule has 0 aliphatic heterocycles. The molecule has 0 fully saturated rings. The van der Waals surface area contributed by atoms with Crippen molar-refractivity contribution in [1.29, 1.82) is 0 Å². The SMILES string of the molecule is CCOC(=O)CCCCc1ccc(OCc2ccc3c(n2)C=CCC3)cc1. The van der Waals surface area contributed by atoms with Crippen LogP contribution in [0.15, 0.2) is 42.5 Å². The van der Waals surface area contributed by atoms with Crippen LogP contribution in [0, 0.1) is 0 Å². The first kappa shape index (κ1) is 19.2. The van der Waals surface area contributed by atoms with E-state index in [2.05, 4.69) is 41.4 Å². The summed E-state index contributed by atoms with van der Waals surface area (Å²) in [6.07, 6.45) is 9.73. The molecule has 0 saturated carbocycles. The highest BCUT2D eigenvalue weighted by molar-refractivity contribution is 5.69. The van der Waals surface area contributed by atoms with E-state index in [0.29, 0.717) is 19.6 Å². The predicted octanol–water partition coefficient (Wildman–Crippen LogP) is 4.90. The number of hydrogen-bond donors (Lipinski definition) is 0. The summed E-state index contributed by atoms with van der Waals surface area (Å²) in [7, 11) is 0. The van der Waals surface area contributed by atoms with Crippen molar-refractivity contribution in [3.05, 3.63) is 65.0 Å². The Labute approximate surface area is 161 Å². The molecule has 4 heteroatoms. The summed E-state index contributed by atoms with van der Waals surface area (Å²) < 4.78 is 10.8. The number of esters is 1. The summed E-state index contributed by atoms with van der Waals surface area (Å²) in [5, 5.41) is 0. The van der Waals surface area contributed by atoms with Crippen molar-refractivity contribution in [1.82, 2.24) is 4.98 Å². The molecule has 1 aromatic heterocycles. The number of aromatic nitrogens is 1. The Morgan fingerprint density at radius 2 is 1.96 bits per heavy atom. The summed E-state index contributed by atoms with van der Waals surface area (Å²) in [6, 6.07) is 12.4. The lowest BCUT2D eigenvalue weighted by Gasteiger charge is -2.12. The van der Waals surface area contributed by atoms with Gasteiger partial charge in [0.2, 0.25) is 0 Å². The number of allylic oxidation sites excluding steroid dienone is 1. The topological polar surface area (TPSA) is 48.4 Å². The van der Waals surface area contributed by atoms with Crippen molar-refractivity contribution >= 4 is 12.0 Å². The molecule has 1 aromatic carbocycles. The third-order valence-corrected chi connectivity index (χ3v) is 4.64. The van der Waals surface area contributed by atoms with E-state index in [-0.39, 0.29) is 5.97 Å². The highest BCUT2D eigenvalue weighted by Gasteiger charge is 2.07. The molecule has 0 spiro atoms. The first-order valence-electron chi connectivity index (χ1n) is 9.77. The number of fused-ring (bicyclic) bond motifs is 1. The Morgan fingerprint density at radius 3 is 2.78 bits per heavy atom. The van der Waals surface area contributed by atoms with Gasteiger partial charge in [-0.3, -0.25) is 4.79 Å². The van der Waals surface area contributed by atoms with E-state index in [4.69, 9.17) is 9.47 Å². The second-order valence-electron chi connectivity index (χ2n) is 6.73. The number of pyridine rings is 1. The molecule has 0 N–H and O–H groups in total. The monoisotopic (exact) mass is 365 g/mol. The van der Waals surface area contributed by atoms with Crippen molar-refractivity contribution in [2.24, 2.45) is 0 Å². The second kappa shape index (κ2) is 9.91. The molecule has 0 saturated heterocycles. The van der Waals surface area contributed by atoms with Gasteiger partial charge in [0.05, 0.1) is 18.0 Å². The largest absolute Gasteiger partial charge is 0.487 e. The summed E-state index contributed by atoms with van der Waals surface area (Å²) in [4.78, 5) is 16.0. The summed E-state index contributed by atoms with van der Waals surface area (Å²) >= 11 is 0. The van der Waals surface area contributed by atoms with Gasteiger partial charge in [0.15, 0.2) is 0 Å². The molecule has 4 nitrogen and oxygen atoms in total. The van der Waals surface area contributed by atoms with E-state index in [0.717, 1.165) is 49.2 Å². The fraction of sp³-hybridized carbons (Fsp3) is 0.391. The van der Waals surface area contributed by atoms with Crippen LogP contribution in [0.4, 0.5) is 0 Å². The molecule has 27 heavy (non-hydrogen) atoms. The van der Waals surface area contributed by atoms with Crippen molar-refractivity contribution in [3.8, 4) is 5.75 Å². The normalized spacial score (nSPS) is 12.5. The molecule has 0 radical (unpaired) electrons. The molecule has 0 amide bonds. The van der Waals surface area contributed by atoms with E-state index in [1.807, 2.05) is 19.1 Å². The summed E-state index contributed by atoms with van der Waals surface area (Å²) in [6.45, 7) is 2.76. The molecular formula is C23H27NO3. The van der Waals surface area contributed by atoms with Crippen molar-refractivity contribution in [2.75, 3.05) is 6.61 Å². The molecule has 0 bridgehead atoms. The van der Waals surface area contributed by atoms with Gasteiger partial charge in [-0.25, -0.2) is 4.98 Å². The average molecular weight is 365 g/mol. The number of aryl methyl sites for hydroxylation is 2. The zero-order valence-electron chi connectivity index (χ0n) is 15.9. The fourth-order valence-electron chi connectivity index (χ4n) is 3.16. The molecule has 0 unspecified atom stereocenters. The van der Waals surface area contributed by atoms with Crippen LogP contribution in [-0.4, -0.2) is 17.6 Å². The Hall–Kier alpha value is -2.62. The van der Waals surface area contributed by atoms with Crippen LogP contribution in [0.25, 0.3) is 6.08 Å². The van der Waals surface area contributed by atoms with Crippen LogP contribution in [0.3, 0.4) is 0 Å². The number of rotatable bonds is 9. The van der Waals surface area contributed by atoms with Gasteiger partial charge < -0.3 is 9.47 Å². The van der Waals surface area contributed by atoms with Crippen LogP contribution in [0.2, 0.25) is 0 Å². The Bertz CT molecular complexity index is 781. The Kier molecular flexibility index (Phi) is 7.03. The van der Waals surface area contributed by atoms with Crippen molar-refractivity contribution < 1.29 is 14.3 Å². The second-order valence-corrected chi connectivity index (χ2v) is 6.73. The number of unbranched alkanes of at least 4 members (excludes halogenated alkanes) is 1. The van der Waals surface area contributed by atoms with Gasteiger partial charge in [0.25, 0.3) is 0 Å². The number of carbonyl (C=O) groups is 1. The maximum absolute atomic E-state index is 11.3. The highest BCUT2D eigenvalue weighted by Crippen LogP contribution is 2.19. The van der Waals surface area contributed by atoms with E-state index < -0.39 is 0 Å². The lowest BCUT2D eigenvalue weighted by Crippen LogP contribution is -2.04. The number of carbonyl (C=O) groups excluding carboxylic acids is 1. The molecule has 1 aliphatic carbocycles. The minimum absolute atomic E-state index is 0.104. The smallest absolute Gasteiger partial charge is 0.305 e. The Balaban J connectivity index is 1.43. The lowest BCUT2D eigenvalue weighted by molar-refractivity contribution is -0.143. The van der Waals surface area contributed by atoms with Crippen LogP contribution >= 0.6 is 0 Å². The minimum Gasteiger partial charge on any atom is -0.487 e. The van der Waals surface area contributed by atoms with Crippen molar-refractivity contribution in [3.63, 3.8) is 0 Å². The van der Waals surface area contributed by atoms with Gasteiger partial charge in [0.1, 0.15) is 12.4 Å². The fourth-order valence-corrected chi connectivity index (χ4v) is 3.16. The van der Waals surface area contributed by atoms with Crippen LogP contribution < -0.4 is 4.74 Å². The maximum atomic E-state index is 11.3. The van der Waals surface area contributed by atoms with Gasteiger partial charge in [-0.2, -0.15) is 0 Å². The van der Waals surface area contributed by atoms with E-state index in [9.17, 15) is 4.79 Å². The van der Waals surface area contributed by atoms with Gasteiger partial charge in [-0.15, -0.1) is 0 Å². The summed E-state index contributed by atoms with van der Waals surface area (Å²) in [5.74, 6) is 0.743. The quantitative estimate of drug-likeness (QED) is 0.469. The number of ether oxygens (including phenoxy) is 2. The maximum Gasteiger partial charge on any atom is 0.305 e. The lowest BCUT2D eigenvalue weighted by atomic mass is 10.0. The third kappa shape index (κ3) is 5.95. The Morgan fingerprint density at radius 1 is 1.11 bits per heavy atom. The van der Waals surface area contributed by atoms with Crippen LogP contribution in [0.1, 0.15) is 55.1 Å². The highest BCUT2D eigenvalue weighted by atomic mass is 16.5. The van der Waals surface area contributed by atoms with E-state index >= 15 is 0 Å². The standard InChI is InChI=1S/C23H27NO3/c1-2-26-23(25)10-6-3-7-18-11-15-21(16-12-18)27-17-20-14-13-19-8-4-5-9-22(19)24-20/h5,9,11-16H,2-4,6-8,10,17H2,1H3. The first-order chi connectivity index (χ1) is 13.2. The molecular weight excluding hydrogens is 338 g/mol. The average Bonchev–Trinajstić information content (AvgIpc) is 2.70. The van der Waals surface area contributed by atoms with E-state index in [1.165, 1.54) is 11.1 Å². The molecule has 0 atom stereocenters. The van der Waals surface area contributed by atoms with Gasteiger partial charge in [0, 0.05) is 6.42 Å². The summed E-state index contributed by atoms with van der Waals surface area (Å²) in [5.41, 5.74) is 4.58. The first-order valence-corrected chi connectivity index (χ1v) is 9.77. The van der Waals surface area contributed by atoms with Gasteiger partial charge in [-0.1, -0.05) is 24.3 Å². The van der Waals surface area contributed by atoms with Gasteiger partial charge in [-0.05, 0) is 74.4 Å². The van der Waals surface area contributed by atoms with Crippen molar-refractivity contribution in [2.45, 2.75) is 52.1 Å². The zero-order chi connectivity index (χ0) is 18.9. The number of benzene rings is 1. The van der Waals surface area contributed by atoms with E-state index in [1.54, 1.807) is 0 Å². The molecule has 2 aromatic rings. The molecule has 1 heterocycles. The molecule has 142 valence electrons.